The van der Waals surface area contributed by atoms with Gasteiger partial charge in [0, 0.05) is 6.20 Å². The molecule has 0 bridgehead atoms. The monoisotopic (exact) mass is 244 g/mol. The average Bonchev–Trinajstić information content (AvgIpc) is 2.04. The summed E-state index contributed by atoms with van der Waals surface area (Å²) in [6.07, 6.45) is 0.598. The van der Waals surface area contributed by atoms with E-state index in [4.69, 9.17) is 5.11 Å². The first-order chi connectivity index (χ1) is 6.09. The van der Waals surface area contributed by atoms with Gasteiger partial charge in [-0.1, -0.05) is 6.07 Å². The van der Waals surface area contributed by atoms with E-state index in [0.29, 0.717) is 0 Å². The second-order valence-corrected chi connectivity index (χ2v) is 3.40. The zero-order valence-electron chi connectivity index (χ0n) is 6.99. The van der Waals surface area contributed by atoms with Crippen LogP contribution in [0.15, 0.2) is 22.9 Å². The zero-order valence-corrected chi connectivity index (χ0v) is 8.58. The van der Waals surface area contributed by atoms with Crippen LogP contribution in [0.1, 0.15) is 18.5 Å². The summed E-state index contributed by atoms with van der Waals surface area (Å²) in [5, 5.41) is 10.8. The topological polar surface area (TPSA) is 62.2 Å². The van der Waals surface area contributed by atoms with Crippen LogP contribution in [-0.2, 0) is 0 Å². The van der Waals surface area contributed by atoms with Crippen LogP contribution in [0.4, 0.5) is 4.79 Å². The number of aromatic nitrogens is 1. The average molecular weight is 245 g/mol. The van der Waals surface area contributed by atoms with E-state index in [9.17, 15) is 4.79 Å². The third kappa shape index (κ3) is 3.02. The summed E-state index contributed by atoms with van der Waals surface area (Å²) in [4.78, 5) is 14.3. The number of hydrogen-bond donors (Lipinski definition) is 2. The molecule has 4 nitrogen and oxygen atoms in total. The van der Waals surface area contributed by atoms with Crippen molar-refractivity contribution in [3.63, 3.8) is 0 Å². The van der Waals surface area contributed by atoms with Crippen molar-refractivity contribution in [2.45, 2.75) is 13.0 Å². The van der Waals surface area contributed by atoms with Crippen molar-refractivity contribution in [1.82, 2.24) is 10.3 Å². The predicted octanol–water partition coefficient (Wildman–Crippen LogP) is 2.17. The highest BCUT2D eigenvalue weighted by atomic mass is 79.9. The van der Waals surface area contributed by atoms with Gasteiger partial charge in [0.2, 0.25) is 0 Å². The molecule has 1 rings (SSSR count). The highest BCUT2D eigenvalue weighted by Crippen LogP contribution is 2.13. The Kier molecular flexibility index (Phi) is 3.25. The number of pyridine rings is 1. The minimum absolute atomic E-state index is 0.238. The van der Waals surface area contributed by atoms with Crippen LogP contribution in [0.2, 0.25) is 0 Å². The molecule has 0 aliphatic heterocycles. The van der Waals surface area contributed by atoms with Crippen molar-refractivity contribution in [2.75, 3.05) is 0 Å². The molecule has 1 amide bonds. The Hall–Kier alpha value is -1.10. The maximum atomic E-state index is 10.3. The third-order valence-corrected chi connectivity index (χ3v) is 2.06. The molecular formula is C8H9BrN2O2. The van der Waals surface area contributed by atoms with E-state index in [1.807, 2.05) is 6.07 Å². The van der Waals surface area contributed by atoms with Crippen LogP contribution < -0.4 is 5.32 Å². The van der Waals surface area contributed by atoms with Gasteiger partial charge >= 0.3 is 6.09 Å². The second-order valence-electron chi connectivity index (χ2n) is 2.59. The Bertz CT molecular complexity index is 300. The van der Waals surface area contributed by atoms with Crippen molar-refractivity contribution in [3.8, 4) is 0 Å². The first kappa shape index (κ1) is 9.98. The molecule has 1 aromatic rings. The van der Waals surface area contributed by atoms with Gasteiger partial charge in [-0.3, -0.25) is 0 Å². The normalized spacial score (nSPS) is 12.2. The summed E-state index contributed by atoms with van der Waals surface area (Å²) in [6.45, 7) is 1.76. The van der Waals surface area contributed by atoms with E-state index < -0.39 is 6.09 Å². The molecule has 70 valence electrons. The van der Waals surface area contributed by atoms with E-state index in [1.165, 1.54) is 0 Å². The molecule has 0 aromatic carbocycles. The third-order valence-electron chi connectivity index (χ3n) is 1.59. The van der Waals surface area contributed by atoms with Gasteiger partial charge < -0.3 is 10.4 Å². The van der Waals surface area contributed by atoms with Crippen molar-refractivity contribution >= 4 is 22.0 Å². The number of nitrogens with zero attached hydrogens (tertiary/aromatic N) is 1. The van der Waals surface area contributed by atoms with E-state index in [2.05, 4.69) is 26.2 Å². The number of rotatable bonds is 2. The molecule has 1 atom stereocenters. The lowest BCUT2D eigenvalue weighted by atomic mass is 10.1. The molecule has 0 saturated heterocycles. The van der Waals surface area contributed by atoms with Gasteiger partial charge in [0.25, 0.3) is 0 Å². The lowest BCUT2D eigenvalue weighted by Crippen LogP contribution is -2.24. The Morgan fingerprint density at radius 1 is 1.69 bits per heavy atom. The molecule has 5 heteroatoms. The highest BCUT2D eigenvalue weighted by Gasteiger charge is 2.07. The predicted molar refractivity (Wildman–Crippen MR) is 51.5 cm³/mol. The largest absolute Gasteiger partial charge is 0.465 e. The van der Waals surface area contributed by atoms with Gasteiger partial charge in [0.15, 0.2) is 0 Å². The quantitative estimate of drug-likeness (QED) is 0.785. The maximum absolute atomic E-state index is 10.3. The minimum atomic E-state index is -1.03. The van der Waals surface area contributed by atoms with Crippen molar-refractivity contribution < 1.29 is 9.90 Å². The summed E-state index contributed by atoms with van der Waals surface area (Å²) < 4.78 is 0.735. The summed E-state index contributed by atoms with van der Waals surface area (Å²) >= 11 is 3.20. The van der Waals surface area contributed by atoms with Gasteiger partial charge in [-0.05, 0) is 34.5 Å². The van der Waals surface area contributed by atoms with Gasteiger partial charge in [0.05, 0.1) is 6.04 Å². The zero-order chi connectivity index (χ0) is 9.84. The number of halogens is 1. The van der Waals surface area contributed by atoms with E-state index in [-0.39, 0.29) is 6.04 Å². The fourth-order valence-corrected chi connectivity index (χ4v) is 1.15. The van der Waals surface area contributed by atoms with Crippen LogP contribution in [0.25, 0.3) is 0 Å². The maximum Gasteiger partial charge on any atom is 0.405 e. The fourth-order valence-electron chi connectivity index (χ4n) is 0.912. The Morgan fingerprint density at radius 2 is 2.38 bits per heavy atom. The molecule has 0 radical (unpaired) electrons. The summed E-state index contributed by atoms with van der Waals surface area (Å²) in [5.41, 5.74) is 0.839. The van der Waals surface area contributed by atoms with Gasteiger partial charge in [-0.2, -0.15) is 0 Å². The molecule has 0 fully saturated rings. The smallest absolute Gasteiger partial charge is 0.405 e. The highest BCUT2D eigenvalue weighted by molar-refractivity contribution is 9.10. The Morgan fingerprint density at radius 3 is 2.85 bits per heavy atom. The molecule has 0 spiro atoms. The van der Waals surface area contributed by atoms with Crippen molar-refractivity contribution in [3.05, 3.63) is 28.5 Å². The van der Waals surface area contributed by atoms with Crippen LogP contribution in [0, 0.1) is 0 Å². The van der Waals surface area contributed by atoms with Crippen LogP contribution in [0.5, 0.6) is 0 Å². The van der Waals surface area contributed by atoms with E-state index in [0.717, 1.165) is 10.2 Å². The van der Waals surface area contributed by atoms with Gasteiger partial charge in [-0.25, -0.2) is 9.78 Å². The van der Waals surface area contributed by atoms with E-state index >= 15 is 0 Å². The van der Waals surface area contributed by atoms with Crippen LogP contribution >= 0.6 is 15.9 Å². The molecule has 13 heavy (non-hydrogen) atoms. The second kappa shape index (κ2) is 4.23. The molecule has 0 saturated carbocycles. The van der Waals surface area contributed by atoms with Gasteiger partial charge in [-0.15, -0.1) is 0 Å². The number of nitrogens with one attached hydrogen (secondary N) is 1. The van der Waals surface area contributed by atoms with Gasteiger partial charge in [0.1, 0.15) is 4.60 Å². The fraction of sp³-hybridized carbons (Fsp3) is 0.250. The van der Waals surface area contributed by atoms with Crippen LogP contribution in [-0.4, -0.2) is 16.2 Å². The molecule has 0 aliphatic carbocycles. The molecule has 1 heterocycles. The summed E-state index contributed by atoms with van der Waals surface area (Å²) in [6, 6.07) is 3.35. The minimum Gasteiger partial charge on any atom is -0.465 e. The number of carbonyl (C=O) groups is 1. The van der Waals surface area contributed by atoms with Crippen molar-refractivity contribution in [1.29, 1.82) is 0 Å². The molecule has 1 aromatic heterocycles. The van der Waals surface area contributed by atoms with Crippen LogP contribution in [0.3, 0.4) is 0 Å². The van der Waals surface area contributed by atoms with Crippen molar-refractivity contribution in [2.24, 2.45) is 0 Å². The number of amides is 1. The van der Waals surface area contributed by atoms with E-state index in [1.54, 1.807) is 19.2 Å². The first-order valence-electron chi connectivity index (χ1n) is 3.70. The molecule has 0 aliphatic rings. The molecule has 2 N–H and O–H groups in total. The SMILES string of the molecule is CC(NC(=O)O)c1ccc(Br)nc1. The summed E-state index contributed by atoms with van der Waals surface area (Å²) in [5.74, 6) is 0. The Labute approximate surface area is 84.1 Å². The lowest BCUT2D eigenvalue weighted by Gasteiger charge is -2.10. The molecule has 1 unspecified atom stereocenters. The Balaban J connectivity index is 2.71. The standard InChI is InChI=1S/C8H9BrN2O2/c1-5(11-8(12)13)6-2-3-7(9)10-4-6/h2-5,11H,1H3,(H,12,13). The first-order valence-corrected chi connectivity index (χ1v) is 4.50. The number of hydrogen-bond acceptors (Lipinski definition) is 2. The molecular weight excluding hydrogens is 236 g/mol. The lowest BCUT2D eigenvalue weighted by molar-refractivity contribution is 0.191. The number of carboxylic acid groups (broad SMARTS) is 1. The summed E-state index contributed by atoms with van der Waals surface area (Å²) in [7, 11) is 0.